The van der Waals surface area contributed by atoms with Crippen molar-refractivity contribution in [2.75, 3.05) is 13.6 Å². The van der Waals surface area contributed by atoms with Gasteiger partial charge in [0.15, 0.2) is 0 Å². The molecule has 1 N–H and O–H groups in total. The fourth-order valence-electron chi connectivity index (χ4n) is 2.40. The Hall–Kier alpha value is -0.800. The van der Waals surface area contributed by atoms with E-state index in [1.807, 2.05) is 37.4 Å². The molecule has 2 rings (SSSR count). The lowest BCUT2D eigenvalue weighted by Gasteiger charge is -2.09. The summed E-state index contributed by atoms with van der Waals surface area (Å²) in [5.74, 6) is 0.751. The number of hydrogen-bond donors (Lipinski definition) is 1. The van der Waals surface area contributed by atoms with Crippen molar-refractivity contribution in [3.8, 4) is 0 Å². The van der Waals surface area contributed by atoms with Gasteiger partial charge < -0.3 is 5.32 Å². The van der Waals surface area contributed by atoms with Gasteiger partial charge in [-0.05, 0) is 38.8 Å². The molecule has 0 bridgehead atoms. The van der Waals surface area contributed by atoms with E-state index in [0.29, 0.717) is 5.25 Å². The van der Waals surface area contributed by atoms with Crippen molar-refractivity contribution < 1.29 is 4.79 Å². The number of benzene rings is 1. The highest BCUT2D eigenvalue weighted by Crippen LogP contribution is 2.35. The van der Waals surface area contributed by atoms with Gasteiger partial charge in [-0.15, -0.1) is 0 Å². The van der Waals surface area contributed by atoms with Crippen LogP contribution in [0.5, 0.6) is 0 Å². The van der Waals surface area contributed by atoms with Crippen LogP contribution in [-0.2, 0) is 0 Å². The van der Waals surface area contributed by atoms with Gasteiger partial charge in [-0.3, -0.25) is 4.79 Å². The second kappa shape index (κ2) is 6.22. The Balaban J connectivity index is 1.84. The fraction of sp³-hybridized carbons (Fsp3) is 0.500. The van der Waals surface area contributed by atoms with Gasteiger partial charge in [0.05, 0.1) is 0 Å². The first-order chi connectivity index (χ1) is 8.29. The zero-order chi connectivity index (χ0) is 12.1. The summed E-state index contributed by atoms with van der Waals surface area (Å²) in [7, 11) is 2.00. The number of thioether (sulfide) groups is 1. The molecule has 1 fully saturated rings. The molecule has 0 amide bonds. The van der Waals surface area contributed by atoms with Crippen molar-refractivity contribution >= 4 is 16.9 Å². The van der Waals surface area contributed by atoms with Crippen LogP contribution >= 0.6 is 11.8 Å². The van der Waals surface area contributed by atoms with Gasteiger partial charge in [-0.2, -0.15) is 0 Å². The highest BCUT2D eigenvalue weighted by Gasteiger charge is 2.26. The Morgan fingerprint density at radius 2 is 2.12 bits per heavy atom. The molecule has 3 heteroatoms. The lowest BCUT2D eigenvalue weighted by molar-refractivity contribution is 0.108. The molecule has 1 aliphatic carbocycles. The third kappa shape index (κ3) is 3.58. The van der Waals surface area contributed by atoms with Gasteiger partial charge in [-0.25, -0.2) is 0 Å². The van der Waals surface area contributed by atoms with Crippen molar-refractivity contribution in [3.05, 3.63) is 35.9 Å². The highest BCUT2D eigenvalue weighted by atomic mass is 32.2. The monoisotopic (exact) mass is 249 g/mol. The normalized spacial score (nSPS) is 23.8. The predicted octanol–water partition coefficient (Wildman–Crippen LogP) is 2.95. The number of nitrogens with one attached hydrogen (secondary N) is 1. The molecule has 1 aromatic carbocycles. The lowest BCUT2D eigenvalue weighted by Crippen LogP contribution is -2.16. The van der Waals surface area contributed by atoms with E-state index in [0.717, 1.165) is 18.0 Å². The summed E-state index contributed by atoms with van der Waals surface area (Å²) in [4.78, 5) is 12.0. The first-order valence-electron chi connectivity index (χ1n) is 6.20. The molecule has 1 aromatic rings. The zero-order valence-electron chi connectivity index (χ0n) is 10.2. The van der Waals surface area contributed by atoms with Gasteiger partial charge in [0.1, 0.15) is 0 Å². The second-order valence-electron chi connectivity index (χ2n) is 4.63. The Morgan fingerprint density at radius 1 is 1.35 bits per heavy atom. The summed E-state index contributed by atoms with van der Waals surface area (Å²) in [6.07, 6.45) is 3.60. The van der Waals surface area contributed by atoms with Gasteiger partial charge in [0, 0.05) is 10.8 Å². The Labute approximate surface area is 107 Å². The van der Waals surface area contributed by atoms with Crippen LogP contribution in [0.15, 0.2) is 30.3 Å². The largest absolute Gasteiger partial charge is 0.319 e. The van der Waals surface area contributed by atoms with E-state index >= 15 is 0 Å². The topological polar surface area (TPSA) is 29.1 Å². The molecule has 0 radical (unpaired) electrons. The van der Waals surface area contributed by atoms with E-state index < -0.39 is 0 Å². The molecule has 17 heavy (non-hydrogen) atoms. The summed E-state index contributed by atoms with van der Waals surface area (Å²) in [5.41, 5.74) is 0.828. The maximum absolute atomic E-state index is 12.0. The molecular formula is C14H19NOS. The maximum atomic E-state index is 12.0. The van der Waals surface area contributed by atoms with Crippen molar-refractivity contribution in [2.45, 2.75) is 24.5 Å². The first kappa shape index (κ1) is 12.7. The molecule has 0 spiro atoms. The minimum absolute atomic E-state index is 0.223. The van der Waals surface area contributed by atoms with Crippen molar-refractivity contribution in [1.29, 1.82) is 0 Å². The molecule has 0 aromatic heterocycles. The minimum Gasteiger partial charge on any atom is -0.319 e. The van der Waals surface area contributed by atoms with Crippen LogP contribution in [-0.4, -0.2) is 24.0 Å². The smallest absolute Gasteiger partial charge is 0.219 e. The number of hydrogen-bond acceptors (Lipinski definition) is 3. The summed E-state index contributed by atoms with van der Waals surface area (Å²) in [6, 6.07) is 9.59. The first-order valence-corrected chi connectivity index (χ1v) is 7.08. The quantitative estimate of drug-likeness (QED) is 0.889. The van der Waals surface area contributed by atoms with E-state index in [4.69, 9.17) is 0 Å². The van der Waals surface area contributed by atoms with Crippen LogP contribution in [0.3, 0.4) is 0 Å². The van der Waals surface area contributed by atoms with Crippen LogP contribution in [0.25, 0.3) is 0 Å². The van der Waals surface area contributed by atoms with Gasteiger partial charge in [0.25, 0.3) is 0 Å². The molecule has 1 aliphatic rings. The molecule has 0 aliphatic heterocycles. The van der Waals surface area contributed by atoms with Gasteiger partial charge >= 0.3 is 0 Å². The van der Waals surface area contributed by atoms with E-state index in [1.54, 1.807) is 0 Å². The van der Waals surface area contributed by atoms with E-state index in [-0.39, 0.29) is 5.12 Å². The Kier molecular flexibility index (Phi) is 4.63. The standard InChI is InChI=1S/C14H19NOS/c1-15-10-11-7-8-13(9-11)17-14(16)12-5-3-2-4-6-12/h2-6,11,13,15H,7-10H2,1H3/t11-,13+/m0/s1. The average molecular weight is 249 g/mol. The van der Waals surface area contributed by atoms with Crippen LogP contribution < -0.4 is 5.32 Å². The molecule has 0 unspecified atom stereocenters. The van der Waals surface area contributed by atoms with E-state index in [9.17, 15) is 4.79 Å². The summed E-state index contributed by atoms with van der Waals surface area (Å²) >= 11 is 1.52. The van der Waals surface area contributed by atoms with Crippen LogP contribution in [0.2, 0.25) is 0 Å². The number of carbonyl (C=O) groups is 1. The number of carbonyl (C=O) groups excluding carboxylic acids is 1. The van der Waals surface area contributed by atoms with Crippen molar-refractivity contribution in [3.63, 3.8) is 0 Å². The molecule has 92 valence electrons. The number of rotatable bonds is 4. The summed E-state index contributed by atoms with van der Waals surface area (Å²) in [6.45, 7) is 1.08. The molecule has 0 saturated heterocycles. The Morgan fingerprint density at radius 3 is 2.82 bits per heavy atom. The van der Waals surface area contributed by atoms with Crippen LogP contribution in [0, 0.1) is 5.92 Å². The predicted molar refractivity (Wildman–Crippen MR) is 73.4 cm³/mol. The summed E-state index contributed by atoms with van der Waals surface area (Å²) < 4.78 is 0. The SMILES string of the molecule is CNC[C@H]1CC[C@@H](SC(=O)c2ccccc2)C1. The van der Waals surface area contributed by atoms with Crippen molar-refractivity contribution in [2.24, 2.45) is 5.92 Å². The Bertz CT molecular complexity index is 366. The van der Waals surface area contributed by atoms with E-state index in [2.05, 4.69) is 5.32 Å². The summed E-state index contributed by atoms with van der Waals surface area (Å²) in [5, 5.41) is 3.96. The fourth-order valence-corrected chi connectivity index (χ4v) is 3.60. The third-order valence-electron chi connectivity index (χ3n) is 3.27. The van der Waals surface area contributed by atoms with Gasteiger partial charge in [-0.1, -0.05) is 42.1 Å². The molecule has 0 heterocycles. The second-order valence-corrected chi connectivity index (χ2v) is 5.90. The van der Waals surface area contributed by atoms with Crippen molar-refractivity contribution in [1.82, 2.24) is 5.32 Å². The molecular weight excluding hydrogens is 230 g/mol. The molecule has 1 saturated carbocycles. The minimum atomic E-state index is 0.223. The lowest BCUT2D eigenvalue weighted by atomic mass is 10.1. The van der Waals surface area contributed by atoms with Gasteiger partial charge in [0.2, 0.25) is 5.12 Å². The zero-order valence-corrected chi connectivity index (χ0v) is 11.0. The van der Waals surface area contributed by atoms with Crippen LogP contribution in [0.1, 0.15) is 29.6 Å². The van der Waals surface area contributed by atoms with E-state index in [1.165, 1.54) is 31.0 Å². The average Bonchev–Trinajstić information content (AvgIpc) is 2.78. The molecule has 2 atom stereocenters. The molecule has 2 nitrogen and oxygen atoms in total. The maximum Gasteiger partial charge on any atom is 0.219 e. The highest BCUT2D eigenvalue weighted by molar-refractivity contribution is 8.14. The third-order valence-corrected chi connectivity index (χ3v) is 4.48. The van der Waals surface area contributed by atoms with Crippen LogP contribution in [0.4, 0.5) is 0 Å².